The van der Waals surface area contributed by atoms with E-state index >= 15 is 0 Å². The summed E-state index contributed by atoms with van der Waals surface area (Å²) in [6.45, 7) is 0.809. The van der Waals surface area contributed by atoms with Gasteiger partial charge in [0.25, 0.3) is 0 Å². The van der Waals surface area contributed by atoms with Crippen molar-refractivity contribution in [2.75, 3.05) is 0 Å². The Morgan fingerprint density at radius 2 is 2.25 bits per heavy atom. The third kappa shape index (κ3) is 1.77. The second-order valence-corrected chi connectivity index (χ2v) is 7.16. The Morgan fingerprint density at radius 3 is 2.88 bits per heavy atom. The van der Waals surface area contributed by atoms with Gasteiger partial charge in [-0.2, -0.15) is 0 Å². The van der Waals surface area contributed by atoms with E-state index in [4.69, 9.17) is 4.74 Å². The highest BCUT2D eigenvalue weighted by Crippen LogP contribution is 2.57. The molecule has 0 bridgehead atoms. The van der Waals surface area contributed by atoms with E-state index in [2.05, 4.69) is 33.4 Å². The number of hydrogen-bond donors (Lipinski definition) is 0. The summed E-state index contributed by atoms with van der Waals surface area (Å²) < 4.78 is 6.11. The largest absolute Gasteiger partial charge is 0.372 e. The number of ether oxygens (including phenoxy) is 1. The normalized spacial score (nSPS) is 31.8. The molecule has 0 aromatic carbocycles. The maximum Gasteiger partial charge on any atom is 0.0813 e. The van der Waals surface area contributed by atoms with Crippen molar-refractivity contribution in [3.05, 3.63) is 22.4 Å². The number of alkyl halides is 1. The summed E-state index contributed by atoms with van der Waals surface area (Å²) in [5.41, 5.74) is 0.483. The van der Waals surface area contributed by atoms with Gasteiger partial charge >= 0.3 is 0 Å². The molecular weight excluding hydrogens is 284 g/mol. The molecule has 16 heavy (non-hydrogen) atoms. The van der Waals surface area contributed by atoms with Gasteiger partial charge in [-0.05, 0) is 30.7 Å². The Labute approximate surface area is 109 Å². The van der Waals surface area contributed by atoms with Crippen molar-refractivity contribution in [2.45, 2.75) is 49.6 Å². The van der Waals surface area contributed by atoms with Crippen LogP contribution in [-0.4, -0.2) is 10.9 Å². The van der Waals surface area contributed by atoms with E-state index in [1.165, 1.54) is 37.0 Å². The third-order valence-electron chi connectivity index (χ3n) is 4.23. The highest BCUT2D eigenvalue weighted by atomic mass is 79.9. The number of thiophene rings is 1. The molecular formula is C13H17BrOS. The summed E-state index contributed by atoms with van der Waals surface area (Å²) >= 11 is 5.62. The fourth-order valence-corrected chi connectivity index (χ4v) is 4.90. The van der Waals surface area contributed by atoms with E-state index in [1.54, 1.807) is 11.3 Å². The molecule has 2 unspecified atom stereocenters. The Morgan fingerprint density at radius 1 is 1.44 bits per heavy atom. The zero-order valence-corrected chi connectivity index (χ0v) is 11.7. The van der Waals surface area contributed by atoms with Gasteiger partial charge in [0.15, 0.2) is 0 Å². The Kier molecular flexibility index (Phi) is 3.11. The first-order chi connectivity index (χ1) is 7.81. The van der Waals surface area contributed by atoms with Gasteiger partial charge in [0, 0.05) is 15.1 Å². The summed E-state index contributed by atoms with van der Waals surface area (Å²) in [6, 6.07) is 4.26. The van der Waals surface area contributed by atoms with Crippen LogP contribution in [0.15, 0.2) is 17.5 Å². The fourth-order valence-electron chi connectivity index (χ4n) is 3.18. The average molecular weight is 301 g/mol. The molecule has 3 heteroatoms. The predicted molar refractivity (Wildman–Crippen MR) is 71.1 cm³/mol. The average Bonchev–Trinajstić information content (AvgIpc) is 2.95. The molecule has 1 nitrogen and oxygen atoms in total. The number of rotatable bonds is 3. The highest BCUT2D eigenvalue weighted by molar-refractivity contribution is 9.09. The minimum Gasteiger partial charge on any atom is -0.372 e. The summed E-state index contributed by atoms with van der Waals surface area (Å²) in [4.78, 5) is 2.06. The molecule has 1 spiro atoms. The smallest absolute Gasteiger partial charge is 0.0813 e. The predicted octanol–water partition coefficient (Wildman–Crippen LogP) is 4.36. The molecule has 0 N–H and O–H groups in total. The van der Waals surface area contributed by atoms with Crippen LogP contribution in [0, 0.1) is 5.41 Å². The Bertz CT molecular complexity index is 343. The van der Waals surface area contributed by atoms with Crippen molar-refractivity contribution in [1.82, 2.24) is 0 Å². The summed E-state index contributed by atoms with van der Waals surface area (Å²) in [6.07, 6.45) is 7.20. The van der Waals surface area contributed by atoms with Gasteiger partial charge in [-0.25, -0.2) is 0 Å². The SMILES string of the molecule is BrC1CC(OCc2cccs2)C12CCCC2. The third-order valence-corrected chi connectivity index (χ3v) is 6.36. The summed E-state index contributed by atoms with van der Waals surface area (Å²) in [7, 11) is 0. The lowest BCUT2D eigenvalue weighted by atomic mass is 9.64. The van der Waals surface area contributed by atoms with Crippen molar-refractivity contribution < 1.29 is 4.74 Å². The zero-order chi connectivity index (χ0) is 11.0. The molecule has 2 aliphatic carbocycles. The molecule has 0 radical (unpaired) electrons. The van der Waals surface area contributed by atoms with Gasteiger partial charge < -0.3 is 4.74 Å². The molecule has 88 valence electrons. The van der Waals surface area contributed by atoms with Crippen LogP contribution >= 0.6 is 27.3 Å². The van der Waals surface area contributed by atoms with Gasteiger partial charge in [0.05, 0.1) is 12.7 Å². The topological polar surface area (TPSA) is 9.23 Å². The van der Waals surface area contributed by atoms with Crippen LogP contribution in [0.2, 0.25) is 0 Å². The van der Waals surface area contributed by atoms with Crippen LogP contribution in [0.5, 0.6) is 0 Å². The Balaban J connectivity index is 1.60. The minimum absolute atomic E-state index is 0.483. The summed E-state index contributed by atoms with van der Waals surface area (Å²) in [5.74, 6) is 0. The molecule has 0 aliphatic heterocycles. The van der Waals surface area contributed by atoms with Crippen LogP contribution in [0.25, 0.3) is 0 Å². The molecule has 2 fully saturated rings. The van der Waals surface area contributed by atoms with Gasteiger partial charge in [-0.15, -0.1) is 11.3 Å². The molecule has 1 heterocycles. The van der Waals surface area contributed by atoms with E-state index in [0.29, 0.717) is 16.3 Å². The van der Waals surface area contributed by atoms with E-state index in [0.717, 1.165) is 6.61 Å². The second kappa shape index (κ2) is 4.43. The monoisotopic (exact) mass is 300 g/mol. The van der Waals surface area contributed by atoms with Crippen molar-refractivity contribution >= 4 is 27.3 Å². The molecule has 2 aliphatic rings. The van der Waals surface area contributed by atoms with E-state index in [9.17, 15) is 0 Å². The maximum absolute atomic E-state index is 6.11. The second-order valence-electron chi connectivity index (χ2n) is 5.02. The fraction of sp³-hybridized carbons (Fsp3) is 0.692. The quantitative estimate of drug-likeness (QED) is 0.754. The highest BCUT2D eigenvalue weighted by Gasteiger charge is 2.55. The lowest BCUT2D eigenvalue weighted by molar-refractivity contribution is -0.107. The minimum atomic E-state index is 0.483. The van der Waals surface area contributed by atoms with Crippen LogP contribution in [0.1, 0.15) is 37.0 Å². The molecule has 1 aromatic rings. The van der Waals surface area contributed by atoms with Crippen molar-refractivity contribution in [2.24, 2.45) is 5.41 Å². The molecule has 0 amide bonds. The van der Waals surface area contributed by atoms with Crippen molar-refractivity contribution in [3.63, 3.8) is 0 Å². The molecule has 0 saturated heterocycles. The van der Waals surface area contributed by atoms with Crippen molar-refractivity contribution in [1.29, 1.82) is 0 Å². The zero-order valence-electron chi connectivity index (χ0n) is 9.32. The van der Waals surface area contributed by atoms with Gasteiger partial charge in [-0.1, -0.05) is 34.8 Å². The van der Waals surface area contributed by atoms with Crippen LogP contribution in [0.3, 0.4) is 0 Å². The lowest BCUT2D eigenvalue weighted by Gasteiger charge is -2.51. The Hall–Kier alpha value is 0.140. The standard InChI is InChI=1S/C13H17BrOS/c14-11-8-12(13(11)5-1-2-6-13)15-9-10-4-3-7-16-10/h3-4,7,11-12H,1-2,5-6,8-9H2. The number of hydrogen-bond acceptors (Lipinski definition) is 2. The molecule has 2 atom stereocenters. The van der Waals surface area contributed by atoms with Gasteiger partial charge in [0.2, 0.25) is 0 Å². The number of halogens is 1. The van der Waals surface area contributed by atoms with Gasteiger partial charge in [0.1, 0.15) is 0 Å². The van der Waals surface area contributed by atoms with Gasteiger partial charge in [-0.3, -0.25) is 0 Å². The van der Waals surface area contributed by atoms with E-state index in [1.807, 2.05) is 0 Å². The van der Waals surface area contributed by atoms with Crippen LogP contribution in [-0.2, 0) is 11.3 Å². The maximum atomic E-state index is 6.11. The van der Waals surface area contributed by atoms with E-state index < -0.39 is 0 Å². The first-order valence-corrected chi connectivity index (χ1v) is 7.89. The first kappa shape index (κ1) is 11.2. The lowest BCUT2D eigenvalue weighted by Crippen LogP contribution is -2.53. The van der Waals surface area contributed by atoms with Crippen LogP contribution < -0.4 is 0 Å². The molecule has 3 rings (SSSR count). The molecule has 2 saturated carbocycles. The van der Waals surface area contributed by atoms with E-state index in [-0.39, 0.29) is 0 Å². The van der Waals surface area contributed by atoms with Crippen molar-refractivity contribution in [3.8, 4) is 0 Å². The van der Waals surface area contributed by atoms with Crippen LogP contribution in [0.4, 0.5) is 0 Å². The first-order valence-electron chi connectivity index (χ1n) is 6.09. The summed E-state index contributed by atoms with van der Waals surface area (Å²) in [5, 5.41) is 2.12. The molecule has 1 aromatic heterocycles.